The average molecular weight is 391 g/mol. The summed E-state index contributed by atoms with van der Waals surface area (Å²) in [7, 11) is 0. The number of anilines is 1. The van der Waals surface area contributed by atoms with Crippen molar-refractivity contribution in [2.45, 2.75) is 26.6 Å². The maximum absolute atomic E-state index is 12.5. The fourth-order valence-corrected chi connectivity index (χ4v) is 2.64. The van der Waals surface area contributed by atoms with Crippen molar-refractivity contribution in [3.05, 3.63) is 85.5 Å². The lowest BCUT2D eigenvalue weighted by atomic mass is 10.2. The molecule has 142 valence electrons. The summed E-state index contributed by atoms with van der Waals surface area (Å²) in [5.41, 5.74) is -1.44. The molecule has 1 aromatic heterocycles. The van der Waals surface area contributed by atoms with Gasteiger partial charge in [-0.25, -0.2) is 28.1 Å². The lowest BCUT2D eigenvalue weighted by molar-refractivity contribution is -0.116. The number of nitrogens with zero attached hydrogens (tertiary/aromatic N) is 3. The van der Waals surface area contributed by atoms with E-state index in [1.807, 2.05) is 0 Å². The van der Waals surface area contributed by atoms with E-state index in [1.54, 1.807) is 25.1 Å². The Labute approximate surface area is 159 Å². The zero-order valence-electron chi connectivity index (χ0n) is 14.8. The summed E-state index contributed by atoms with van der Waals surface area (Å²) in [6.07, 6.45) is 2.70. The molecular weight excluding hydrogens is 372 g/mol. The number of allylic oxidation sites excluding steroid dienone is 2. The molecule has 1 heterocycles. The summed E-state index contributed by atoms with van der Waals surface area (Å²) in [5, 5.41) is 3.08. The van der Waals surface area contributed by atoms with Crippen LogP contribution in [0.5, 0.6) is 0 Å². The van der Waals surface area contributed by atoms with Gasteiger partial charge < -0.3 is 5.32 Å². The smallest absolute Gasteiger partial charge is 0.324 e. The molecule has 2 rings (SSSR count). The van der Waals surface area contributed by atoms with Crippen molar-refractivity contribution < 1.29 is 4.79 Å². The Morgan fingerprint density at radius 3 is 2.07 bits per heavy atom. The maximum Gasteiger partial charge on any atom is 0.337 e. The third-order valence-corrected chi connectivity index (χ3v) is 4.26. The van der Waals surface area contributed by atoms with Gasteiger partial charge in [0, 0.05) is 10.7 Å². The minimum atomic E-state index is -0.886. The maximum atomic E-state index is 12.5. The molecule has 1 amide bonds. The van der Waals surface area contributed by atoms with Crippen LogP contribution in [0.15, 0.2) is 57.9 Å². The van der Waals surface area contributed by atoms with E-state index in [1.165, 1.54) is 12.2 Å². The van der Waals surface area contributed by atoms with Crippen molar-refractivity contribution in [3.63, 3.8) is 0 Å². The number of halogens is 1. The SMILES string of the molecule is C=CCn1c(=O)n(CC=C)c(=O)n(CC(=O)Nc2cccc(Cl)c2C)c1=O. The number of amides is 1. The number of aromatic nitrogens is 3. The lowest BCUT2D eigenvalue weighted by Crippen LogP contribution is -2.55. The molecule has 0 unspecified atom stereocenters. The number of benzene rings is 1. The normalized spacial score (nSPS) is 10.4. The molecule has 0 fully saturated rings. The van der Waals surface area contributed by atoms with Crippen LogP contribution in [-0.4, -0.2) is 19.6 Å². The third-order valence-electron chi connectivity index (χ3n) is 3.85. The number of hydrogen-bond acceptors (Lipinski definition) is 4. The van der Waals surface area contributed by atoms with Gasteiger partial charge in [0.15, 0.2) is 0 Å². The Morgan fingerprint density at radius 2 is 1.56 bits per heavy atom. The van der Waals surface area contributed by atoms with Crippen molar-refractivity contribution in [3.8, 4) is 0 Å². The molecule has 0 bridgehead atoms. The van der Waals surface area contributed by atoms with Gasteiger partial charge in [0.05, 0.1) is 13.1 Å². The van der Waals surface area contributed by atoms with Crippen molar-refractivity contribution in [2.75, 3.05) is 5.32 Å². The Morgan fingerprint density at radius 1 is 1.04 bits per heavy atom. The van der Waals surface area contributed by atoms with E-state index >= 15 is 0 Å². The Hall–Kier alpha value is -3.13. The second-order valence-corrected chi connectivity index (χ2v) is 6.10. The molecule has 27 heavy (non-hydrogen) atoms. The zero-order chi connectivity index (χ0) is 20.1. The van der Waals surface area contributed by atoms with E-state index in [-0.39, 0.29) is 13.1 Å². The number of rotatable bonds is 7. The lowest BCUT2D eigenvalue weighted by Gasteiger charge is -2.13. The molecule has 0 aliphatic rings. The molecule has 8 nitrogen and oxygen atoms in total. The van der Waals surface area contributed by atoms with Gasteiger partial charge >= 0.3 is 17.1 Å². The first-order valence-corrected chi connectivity index (χ1v) is 8.40. The molecule has 0 saturated heterocycles. The van der Waals surface area contributed by atoms with Crippen LogP contribution in [0.4, 0.5) is 5.69 Å². The standard InChI is InChI=1S/C18H19ClN4O4/c1-4-9-21-16(25)22(10-5-2)18(27)23(17(21)26)11-15(24)20-14-8-6-7-13(19)12(14)3/h4-8H,1-2,9-11H2,3H3,(H,20,24). The first-order chi connectivity index (χ1) is 12.8. The summed E-state index contributed by atoms with van der Waals surface area (Å²) in [5.74, 6) is -0.603. The van der Waals surface area contributed by atoms with Crippen LogP contribution < -0.4 is 22.4 Å². The summed E-state index contributed by atoms with van der Waals surface area (Å²) in [6.45, 7) is 7.97. The second-order valence-electron chi connectivity index (χ2n) is 5.69. The predicted molar refractivity (Wildman–Crippen MR) is 104 cm³/mol. The molecule has 0 spiro atoms. The largest absolute Gasteiger partial charge is 0.337 e. The van der Waals surface area contributed by atoms with Crippen molar-refractivity contribution in [2.24, 2.45) is 0 Å². The molecule has 9 heteroatoms. The monoisotopic (exact) mass is 390 g/mol. The van der Waals surface area contributed by atoms with Gasteiger partial charge in [-0.2, -0.15) is 0 Å². The number of nitrogens with one attached hydrogen (secondary N) is 1. The van der Waals surface area contributed by atoms with Gasteiger partial charge in [-0.05, 0) is 24.6 Å². The van der Waals surface area contributed by atoms with Crippen molar-refractivity contribution in [1.29, 1.82) is 0 Å². The van der Waals surface area contributed by atoms with Crippen LogP contribution in [0.3, 0.4) is 0 Å². The van der Waals surface area contributed by atoms with Gasteiger partial charge in [-0.15, -0.1) is 13.2 Å². The van der Waals surface area contributed by atoms with E-state index in [9.17, 15) is 19.2 Å². The molecule has 0 atom stereocenters. The quantitative estimate of drug-likeness (QED) is 0.717. The molecule has 0 aliphatic carbocycles. The zero-order valence-corrected chi connectivity index (χ0v) is 15.5. The average Bonchev–Trinajstić information content (AvgIpc) is 2.63. The first-order valence-electron chi connectivity index (χ1n) is 8.03. The summed E-state index contributed by atoms with van der Waals surface area (Å²) in [4.78, 5) is 49.7. The minimum absolute atomic E-state index is 0.0931. The summed E-state index contributed by atoms with van der Waals surface area (Å²) >= 11 is 6.02. The van der Waals surface area contributed by atoms with E-state index < -0.39 is 29.5 Å². The van der Waals surface area contributed by atoms with Crippen LogP contribution in [0, 0.1) is 6.92 Å². The van der Waals surface area contributed by atoms with E-state index in [0.717, 1.165) is 9.13 Å². The summed E-state index contributed by atoms with van der Waals surface area (Å²) in [6, 6.07) is 4.99. The van der Waals surface area contributed by atoms with Gasteiger partial charge in [-0.3, -0.25) is 4.79 Å². The van der Waals surface area contributed by atoms with Crippen LogP contribution >= 0.6 is 11.6 Å². The van der Waals surface area contributed by atoms with Crippen LogP contribution in [0.25, 0.3) is 0 Å². The van der Waals surface area contributed by atoms with Crippen LogP contribution in [0.1, 0.15) is 5.56 Å². The molecule has 1 N–H and O–H groups in total. The van der Waals surface area contributed by atoms with E-state index in [4.69, 9.17) is 11.6 Å². The van der Waals surface area contributed by atoms with Gasteiger partial charge in [-0.1, -0.05) is 29.8 Å². The van der Waals surface area contributed by atoms with E-state index in [0.29, 0.717) is 20.8 Å². The van der Waals surface area contributed by atoms with Crippen LogP contribution in [0.2, 0.25) is 5.02 Å². The highest BCUT2D eigenvalue weighted by Gasteiger charge is 2.17. The fraction of sp³-hybridized carbons (Fsp3) is 0.222. The molecule has 0 aliphatic heterocycles. The Bertz CT molecular complexity index is 1030. The molecule has 0 saturated carbocycles. The molecular formula is C18H19ClN4O4. The van der Waals surface area contributed by atoms with Gasteiger partial charge in [0.2, 0.25) is 5.91 Å². The van der Waals surface area contributed by atoms with Crippen molar-refractivity contribution in [1.82, 2.24) is 13.7 Å². The predicted octanol–water partition coefficient (Wildman–Crippen LogP) is 1.14. The van der Waals surface area contributed by atoms with Crippen molar-refractivity contribution >= 4 is 23.2 Å². The number of hydrogen-bond donors (Lipinski definition) is 1. The van der Waals surface area contributed by atoms with Gasteiger partial charge in [0.25, 0.3) is 0 Å². The first kappa shape index (κ1) is 20.2. The molecule has 0 radical (unpaired) electrons. The topological polar surface area (TPSA) is 95.1 Å². The van der Waals surface area contributed by atoms with Gasteiger partial charge in [0.1, 0.15) is 6.54 Å². The Kier molecular flexibility index (Phi) is 6.36. The third kappa shape index (κ3) is 4.17. The molecule has 2 aromatic rings. The highest BCUT2D eigenvalue weighted by Crippen LogP contribution is 2.22. The van der Waals surface area contributed by atoms with Crippen LogP contribution in [-0.2, 0) is 24.4 Å². The second kappa shape index (κ2) is 8.50. The fourth-order valence-electron chi connectivity index (χ4n) is 2.46. The molecule has 1 aromatic carbocycles. The highest BCUT2D eigenvalue weighted by atomic mass is 35.5. The number of carbonyl (C=O) groups is 1. The highest BCUT2D eigenvalue weighted by molar-refractivity contribution is 6.31. The summed E-state index contributed by atoms with van der Waals surface area (Å²) < 4.78 is 2.36. The number of carbonyl (C=O) groups excluding carboxylic acids is 1. The Balaban J connectivity index is 2.47. The van der Waals surface area contributed by atoms with E-state index in [2.05, 4.69) is 18.5 Å². The minimum Gasteiger partial charge on any atom is -0.324 e.